The van der Waals surface area contributed by atoms with E-state index in [0.29, 0.717) is 23.0 Å². The summed E-state index contributed by atoms with van der Waals surface area (Å²) < 4.78 is 12.7. The molecular formula is C22H21N5O3. The van der Waals surface area contributed by atoms with Crippen LogP contribution in [0.3, 0.4) is 0 Å². The van der Waals surface area contributed by atoms with Crippen LogP contribution in [0.15, 0.2) is 54.0 Å². The first-order chi connectivity index (χ1) is 14.5. The first kappa shape index (κ1) is 18.2. The van der Waals surface area contributed by atoms with Gasteiger partial charge in [0, 0.05) is 11.4 Å². The second-order valence-electron chi connectivity index (χ2n) is 7.48. The fourth-order valence-electron chi connectivity index (χ4n) is 3.92. The molecule has 2 N–H and O–H groups in total. The van der Waals surface area contributed by atoms with E-state index in [0.717, 1.165) is 28.1 Å². The summed E-state index contributed by atoms with van der Waals surface area (Å²) >= 11 is 0. The zero-order valence-electron chi connectivity index (χ0n) is 16.9. The second kappa shape index (κ2) is 6.91. The SMILES string of the molecule is CC1=C(C(=O)Nc2ccc(C)cc2C)C(c2ccc3c(c2)OCO3)n2ncnc2N1. The Hall–Kier alpha value is -3.81. The van der Waals surface area contributed by atoms with Gasteiger partial charge in [0.05, 0.1) is 5.57 Å². The van der Waals surface area contributed by atoms with Gasteiger partial charge in [0.2, 0.25) is 12.7 Å². The maximum Gasteiger partial charge on any atom is 0.255 e. The summed E-state index contributed by atoms with van der Waals surface area (Å²) in [6.45, 7) is 6.07. The number of carbonyl (C=O) groups is 1. The van der Waals surface area contributed by atoms with Crippen molar-refractivity contribution < 1.29 is 14.3 Å². The van der Waals surface area contributed by atoms with Crippen molar-refractivity contribution >= 4 is 17.5 Å². The monoisotopic (exact) mass is 403 g/mol. The number of fused-ring (bicyclic) bond motifs is 2. The van der Waals surface area contributed by atoms with Crippen LogP contribution in [-0.4, -0.2) is 27.5 Å². The predicted molar refractivity (Wildman–Crippen MR) is 112 cm³/mol. The lowest BCUT2D eigenvalue weighted by Gasteiger charge is -2.29. The van der Waals surface area contributed by atoms with E-state index in [4.69, 9.17) is 9.47 Å². The topological polar surface area (TPSA) is 90.3 Å². The molecular weight excluding hydrogens is 382 g/mol. The number of nitrogens with zero attached hydrogens (tertiary/aromatic N) is 3. The smallest absolute Gasteiger partial charge is 0.255 e. The molecule has 0 fully saturated rings. The van der Waals surface area contributed by atoms with Gasteiger partial charge in [-0.3, -0.25) is 4.79 Å². The van der Waals surface area contributed by atoms with Crippen molar-refractivity contribution in [2.45, 2.75) is 26.8 Å². The Morgan fingerprint density at radius 3 is 2.80 bits per heavy atom. The molecule has 5 rings (SSSR count). The van der Waals surface area contributed by atoms with Crippen LogP contribution in [0, 0.1) is 13.8 Å². The molecule has 0 radical (unpaired) electrons. The van der Waals surface area contributed by atoms with Crippen molar-refractivity contribution in [3.8, 4) is 11.5 Å². The van der Waals surface area contributed by atoms with Crippen LogP contribution >= 0.6 is 0 Å². The molecule has 1 aromatic heterocycles. The Labute approximate surface area is 173 Å². The van der Waals surface area contributed by atoms with Gasteiger partial charge in [-0.2, -0.15) is 10.1 Å². The molecule has 0 saturated carbocycles. The Bertz CT molecular complexity index is 1200. The van der Waals surface area contributed by atoms with Crippen LogP contribution in [0.25, 0.3) is 0 Å². The lowest BCUT2D eigenvalue weighted by Crippen LogP contribution is -2.31. The number of benzene rings is 2. The molecule has 0 bridgehead atoms. The molecule has 1 amide bonds. The van der Waals surface area contributed by atoms with E-state index in [1.807, 2.05) is 57.2 Å². The van der Waals surface area contributed by atoms with Crippen molar-refractivity contribution in [1.82, 2.24) is 14.8 Å². The summed E-state index contributed by atoms with van der Waals surface area (Å²) in [5.74, 6) is 1.72. The van der Waals surface area contributed by atoms with Gasteiger partial charge < -0.3 is 20.1 Å². The average molecular weight is 403 g/mol. The number of rotatable bonds is 3. The summed E-state index contributed by atoms with van der Waals surface area (Å²) in [4.78, 5) is 17.7. The average Bonchev–Trinajstić information content (AvgIpc) is 3.37. The fraction of sp³-hybridized carbons (Fsp3) is 0.227. The van der Waals surface area contributed by atoms with E-state index in [2.05, 4.69) is 20.7 Å². The quantitative estimate of drug-likeness (QED) is 0.695. The zero-order chi connectivity index (χ0) is 20.8. The van der Waals surface area contributed by atoms with Crippen LogP contribution in [0.5, 0.6) is 11.5 Å². The van der Waals surface area contributed by atoms with Crippen LogP contribution in [0.2, 0.25) is 0 Å². The largest absolute Gasteiger partial charge is 0.454 e. The van der Waals surface area contributed by atoms with Crippen LogP contribution in [-0.2, 0) is 4.79 Å². The maximum absolute atomic E-state index is 13.4. The van der Waals surface area contributed by atoms with E-state index in [1.54, 1.807) is 4.68 Å². The molecule has 3 heterocycles. The van der Waals surface area contributed by atoms with Crippen molar-refractivity contribution in [2.75, 3.05) is 17.4 Å². The molecule has 3 aromatic rings. The number of amides is 1. The molecule has 1 unspecified atom stereocenters. The minimum atomic E-state index is -0.455. The number of aromatic nitrogens is 3. The molecule has 152 valence electrons. The van der Waals surface area contributed by atoms with Gasteiger partial charge >= 0.3 is 0 Å². The normalized spacial score (nSPS) is 16.8. The van der Waals surface area contributed by atoms with Crippen LogP contribution < -0.4 is 20.1 Å². The third-order valence-electron chi connectivity index (χ3n) is 5.38. The highest BCUT2D eigenvalue weighted by molar-refractivity contribution is 6.06. The Balaban J connectivity index is 1.57. The Morgan fingerprint density at radius 2 is 1.97 bits per heavy atom. The molecule has 8 heteroatoms. The highest BCUT2D eigenvalue weighted by atomic mass is 16.7. The van der Waals surface area contributed by atoms with Gasteiger partial charge in [0.1, 0.15) is 12.4 Å². The fourth-order valence-corrected chi connectivity index (χ4v) is 3.92. The highest BCUT2D eigenvalue weighted by Gasteiger charge is 2.34. The van der Waals surface area contributed by atoms with Gasteiger partial charge in [0.15, 0.2) is 11.5 Å². The van der Waals surface area contributed by atoms with Crippen molar-refractivity contribution in [1.29, 1.82) is 0 Å². The van der Waals surface area contributed by atoms with Gasteiger partial charge in [-0.1, -0.05) is 23.8 Å². The van der Waals surface area contributed by atoms with E-state index in [1.165, 1.54) is 6.33 Å². The third-order valence-corrected chi connectivity index (χ3v) is 5.38. The molecule has 0 saturated heterocycles. The van der Waals surface area contributed by atoms with Crippen molar-refractivity contribution in [3.63, 3.8) is 0 Å². The number of nitrogens with one attached hydrogen (secondary N) is 2. The van der Waals surface area contributed by atoms with Crippen molar-refractivity contribution in [2.24, 2.45) is 0 Å². The number of anilines is 2. The second-order valence-corrected chi connectivity index (χ2v) is 7.48. The first-order valence-corrected chi connectivity index (χ1v) is 9.66. The summed E-state index contributed by atoms with van der Waals surface area (Å²) in [6, 6.07) is 11.2. The Kier molecular flexibility index (Phi) is 4.20. The highest BCUT2D eigenvalue weighted by Crippen LogP contribution is 2.40. The number of hydrogen-bond donors (Lipinski definition) is 2. The van der Waals surface area contributed by atoms with Gasteiger partial charge in [-0.25, -0.2) is 4.68 Å². The van der Waals surface area contributed by atoms with Gasteiger partial charge in [-0.05, 0) is 50.1 Å². The molecule has 2 aliphatic heterocycles. The molecule has 1 atom stereocenters. The zero-order valence-corrected chi connectivity index (χ0v) is 16.9. The molecule has 0 aliphatic carbocycles. The van der Waals surface area contributed by atoms with E-state index < -0.39 is 6.04 Å². The lowest BCUT2D eigenvalue weighted by atomic mass is 9.94. The number of hydrogen-bond acceptors (Lipinski definition) is 6. The lowest BCUT2D eigenvalue weighted by molar-refractivity contribution is -0.113. The predicted octanol–water partition coefficient (Wildman–Crippen LogP) is 3.55. The summed E-state index contributed by atoms with van der Waals surface area (Å²) in [5, 5.41) is 10.6. The molecule has 0 spiro atoms. The summed E-state index contributed by atoms with van der Waals surface area (Å²) in [5.41, 5.74) is 5.07. The maximum atomic E-state index is 13.4. The van der Waals surface area contributed by atoms with E-state index in [-0.39, 0.29) is 12.7 Å². The van der Waals surface area contributed by atoms with Crippen LogP contribution in [0.1, 0.15) is 29.7 Å². The van der Waals surface area contributed by atoms with Crippen molar-refractivity contribution in [3.05, 3.63) is 70.7 Å². The molecule has 8 nitrogen and oxygen atoms in total. The van der Waals surface area contributed by atoms with E-state index in [9.17, 15) is 4.79 Å². The number of ether oxygens (including phenoxy) is 2. The van der Waals surface area contributed by atoms with Gasteiger partial charge in [-0.15, -0.1) is 0 Å². The minimum Gasteiger partial charge on any atom is -0.454 e. The Morgan fingerprint density at radius 1 is 1.13 bits per heavy atom. The minimum absolute atomic E-state index is 0.189. The standard InChI is InChI=1S/C22H21N5O3/c1-12-4-6-16(13(2)8-12)26-21(28)19-14(3)25-22-23-10-24-27(22)20(19)15-5-7-17-18(9-15)30-11-29-17/h4-10,20H,11H2,1-3H3,(H,26,28)(H,23,24,25). The number of carbonyl (C=O) groups excluding carboxylic acids is 1. The van der Waals surface area contributed by atoms with E-state index >= 15 is 0 Å². The summed E-state index contributed by atoms with van der Waals surface area (Å²) in [7, 11) is 0. The number of aryl methyl sites for hydroxylation is 2. The number of allylic oxidation sites excluding steroid dienone is 1. The first-order valence-electron chi connectivity index (χ1n) is 9.66. The summed E-state index contributed by atoms with van der Waals surface area (Å²) in [6.07, 6.45) is 1.47. The van der Waals surface area contributed by atoms with Gasteiger partial charge in [0.25, 0.3) is 5.91 Å². The third kappa shape index (κ3) is 2.97. The van der Waals surface area contributed by atoms with Crippen LogP contribution in [0.4, 0.5) is 11.6 Å². The molecule has 2 aliphatic rings. The molecule has 30 heavy (non-hydrogen) atoms. The molecule has 2 aromatic carbocycles.